The summed E-state index contributed by atoms with van der Waals surface area (Å²) in [5, 5.41) is 0. The first-order valence-electron chi connectivity index (χ1n) is 9.94. The largest absolute Gasteiger partial charge is 0.0808 e. The van der Waals surface area contributed by atoms with Crippen molar-refractivity contribution in [1.82, 2.24) is 0 Å². The van der Waals surface area contributed by atoms with E-state index in [0.29, 0.717) is 10.8 Å². The molecule has 0 aromatic rings. The standard InChI is InChI=1S/C22H34/c1-16-8-4-7-14-22(16)15-12-20-19(17(22)2)11-10-18-9-5-6-13-21(18,20)3/h4,7-8,14,16-20H,5-6,9-13,15H2,1-3H3. The number of hydrogen-bond acceptors (Lipinski definition) is 0. The maximum Gasteiger partial charge on any atom is -0.00265 e. The maximum atomic E-state index is 2.68. The van der Waals surface area contributed by atoms with E-state index in [4.69, 9.17) is 0 Å². The third-order valence-electron chi connectivity index (χ3n) is 8.81. The molecule has 0 heteroatoms. The van der Waals surface area contributed by atoms with Crippen LogP contribution in [0.3, 0.4) is 0 Å². The summed E-state index contributed by atoms with van der Waals surface area (Å²) in [6.07, 6.45) is 21.7. The summed E-state index contributed by atoms with van der Waals surface area (Å²) >= 11 is 0. The van der Waals surface area contributed by atoms with E-state index in [1.54, 1.807) is 0 Å². The zero-order valence-electron chi connectivity index (χ0n) is 14.9. The predicted molar refractivity (Wildman–Crippen MR) is 94.6 cm³/mol. The first kappa shape index (κ1) is 15.0. The van der Waals surface area contributed by atoms with Gasteiger partial charge in [-0.3, -0.25) is 0 Å². The normalized spacial score (nSPS) is 54.0. The molecular formula is C22H34. The average Bonchev–Trinajstić information content (AvgIpc) is 2.52. The Balaban J connectivity index is 1.64. The third-order valence-corrected chi connectivity index (χ3v) is 8.81. The molecule has 0 N–H and O–H groups in total. The van der Waals surface area contributed by atoms with Crippen LogP contribution in [-0.4, -0.2) is 0 Å². The minimum Gasteiger partial charge on any atom is -0.0808 e. The topological polar surface area (TPSA) is 0 Å². The lowest BCUT2D eigenvalue weighted by Gasteiger charge is -2.61. The molecule has 0 saturated heterocycles. The first-order chi connectivity index (χ1) is 10.6. The molecule has 7 atom stereocenters. The highest BCUT2D eigenvalue weighted by Crippen LogP contribution is 2.64. The highest BCUT2D eigenvalue weighted by molar-refractivity contribution is 5.23. The van der Waals surface area contributed by atoms with Crippen molar-refractivity contribution in [3.63, 3.8) is 0 Å². The lowest BCUT2D eigenvalue weighted by atomic mass is 9.43. The Morgan fingerprint density at radius 1 is 0.909 bits per heavy atom. The number of rotatable bonds is 0. The molecule has 3 saturated carbocycles. The van der Waals surface area contributed by atoms with Gasteiger partial charge in [-0.15, -0.1) is 0 Å². The van der Waals surface area contributed by atoms with E-state index in [1.165, 1.54) is 51.4 Å². The van der Waals surface area contributed by atoms with E-state index in [-0.39, 0.29) is 0 Å². The van der Waals surface area contributed by atoms with Crippen LogP contribution >= 0.6 is 0 Å². The molecule has 0 amide bonds. The molecule has 7 unspecified atom stereocenters. The molecule has 0 aliphatic heterocycles. The van der Waals surface area contributed by atoms with Gasteiger partial charge in [0, 0.05) is 0 Å². The third kappa shape index (κ3) is 1.95. The maximum absolute atomic E-state index is 2.68. The fourth-order valence-corrected chi connectivity index (χ4v) is 7.32. The van der Waals surface area contributed by atoms with Crippen LogP contribution in [0, 0.1) is 40.4 Å². The van der Waals surface area contributed by atoms with Crippen molar-refractivity contribution in [1.29, 1.82) is 0 Å². The van der Waals surface area contributed by atoms with Crippen LogP contribution in [0.4, 0.5) is 0 Å². The molecular weight excluding hydrogens is 264 g/mol. The summed E-state index contributed by atoms with van der Waals surface area (Å²) in [5.74, 6) is 4.63. The second-order valence-electron chi connectivity index (χ2n) is 9.27. The molecule has 0 aromatic carbocycles. The smallest absolute Gasteiger partial charge is 0.00265 e. The molecule has 0 bridgehead atoms. The van der Waals surface area contributed by atoms with E-state index in [1.807, 2.05) is 0 Å². The van der Waals surface area contributed by atoms with Crippen LogP contribution in [0.25, 0.3) is 0 Å². The van der Waals surface area contributed by atoms with Gasteiger partial charge in [-0.25, -0.2) is 0 Å². The SMILES string of the molecule is CC1C=CC=CC12CCC1C(CCC3CCCCC31C)C2C. The Labute approximate surface area is 137 Å². The van der Waals surface area contributed by atoms with Gasteiger partial charge in [0.1, 0.15) is 0 Å². The molecule has 0 nitrogen and oxygen atoms in total. The first-order valence-corrected chi connectivity index (χ1v) is 9.94. The van der Waals surface area contributed by atoms with E-state index in [0.717, 1.165) is 29.6 Å². The van der Waals surface area contributed by atoms with Crippen LogP contribution in [0.5, 0.6) is 0 Å². The quantitative estimate of drug-likeness (QED) is 0.486. The average molecular weight is 299 g/mol. The highest BCUT2D eigenvalue weighted by Gasteiger charge is 2.56. The van der Waals surface area contributed by atoms with Crippen LogP contribution in [0.15, 0.2) is 24.3 Å². The summed E-state index contributed by atoms with van der Waals surface area (Å²) < 4.78 is 0. The molecule has 0 aromatic heterocycles. The molecule has 0 heterocycles. The lowest BCUT2D eigenvalue weighted by Crippen LogP contribution is -2.54. The summed E-state index contributed by atoms with van der Waals surface area (Å²) in [6, 6.07) is 0. The van der Waals surface area contributed by atoms with Gasteiger partial charge in [0.15, 0.2) is 0 Å². The highest BCUT2D eigenvalue weighted by atomic mass is 14.6. The Kier molecular flexibility index (Phi) is 3.59. The molecule has 0 radical (unpaired) electrons. The zero-order chi connectivity index (χ0) is 15.4. The molecule has 22 heavy (non-hydrogen) atoms. The number of allylic oxidation sites excluding steroid dienone is 4. The monoisotopic (exact) mass is 298 g/mol. The Bertz CT molecular complexity index is 486. The second kappa shape index (κ2) is 5.25. The summed E-state index contributed by atoms with van der Waals surface area (Å²) in [5.41, 5.74) is 1.14. The zero-order valence-corrected chi connectivity index (χ0v) is 14.9. The van der Waals surface area contributed by atoms with E-state index in [2.05, 4.69) is 45.1 Å². The van der Waals surface area contributed by atoms with Crippen molar-refractivity contribution < 1.29 is 0 Å². The van der Waals surface area contributed by atoms with E-state index >= 15 is 0 Å². The minimum atomic E-state index is 0.466. The molecule has 3 fully saturated rings. The molecule has 1 spiro atoms. The van der Waals surface area contributed by atoms with E-state index < -0.39 is 0 Å². The van der Waals surface area contributed by atoms with Crippen molar-refractivity contribution in [3.8, 4) is 0 Å². The Morgan fingerprint density at radius 3 is 2.59 bits per heavy atom. The van der Waals surface area contributed by atoms with Crippen LogP contribution in [-0.2, 0) is 0 Å². The summed E-state index contributed by atoms with van der Waals surface area (Å²) in [7, 11) is 0. The van der Waals surface area contributed by atoms with E-state index in [9.17, 15) is 0 Å². The summed E-state index contributed by atoms with van der Waals surface area (Å²) in [6.45, 7) is 7.74. The molecule has 4 rings (SSSR count). The second-order valence-corrected chi connectivity index (χ2v) is 9.27. The molecule has 122 valence electrons. The van der Waals surface area contributed by atoms with Crippen molar-refractivity contribution >= 4 is 0 Å². The Hall–Kier alpha value is -0.520. The van der Waals surface area contributed by atoms with Gasteiger partial charge in [-0.2, -0.15) is 0 Å². The van der Waals surface area contributed by atoms with Crippen molar-refractivity contribution in [2.24, 2.45) is 40.4 Å². The van der Waals surface area contributed by atoms with Gasteiger partial charge in [-0.1, -0.05) is 57.9 Å². The van der Waals surface area contributed by atoms with Gasteiger partial charge >= 0.3 is 0 Å². The minimum absolute atomic E-state index is 0.466. The fraction of sp³-hybridized carbons (Fsp3) is 0.818. The fourth-order valence-electron chi connectivity index (χ4n) is 7.32. The number of fused-ring (bicyclic) bond motifs is 3. The van der Waals surface area contributed by atoms with Gasteiger partial charge in [-0.05, 0) is 78.9 Å². The molecule has 4 aliphatic rings. The van der Waals surface area contributed by atoms with Crippen molar-refractivity contribution in [2.75, 3.05) is 0 Å². The molecule has 4 aliphatic carbocycles. The Morgan fingerprint density at radius 2 is 1.77 bits per heavy atom. The van der Waals surface area contributed by atoms with Crippen LogP contribution < -0.4 is 0 Å². The predicted octanol–water partition coefficient (Wildman–Crippen LogP) is 6.39. The van der Waals surface area contributed by atoms with Gasteiger partial charge < -0.3 is 0 Å². The van der Waals surface area contributed by atoms with Crippen LogP contribution in [0.1, 0.15) is 72.1 Å². The van der Waals surface area contributed by atoms with Gasteiger partial charge in [0.2, 0.25) is 0 Å². The summed E-state index contributed by atoms with van der Waals surface area (Å²) in [4.78, 5) is 0. The van der Waals surface area contributed by atoms with Crippen LogP contribution in [0.2, 0.25) is 0 Å². The van der Waals surface area contributed by atoms with Crippen molar-refractivity contribution in [3.05, 3.63) is 24.3 Å². The lowest BCUT2D eigenvalue weighted by molar-refractivity contribution is -0.107. The van der Waals surface area contributed by atoms with Gasteiger partial charge in [0.05, 0.1) is 0 Å². The number of hydrogen-bond donors (Lipinski definition) is 0. The van der Waals surface area contributed by atoms with Gasteiger partial charge in [0.25, 0.3) is 0 Å². The van der Waals surface area contributed by atoms with Crippen molar-refractivity contribution in [2.45, 2.75) is 72.1 Å².